The summed E-state index contributed by atoms with van der Waals surface area (Å²) in [6, 6.07) is 6.28. The van der Waals surface area contributed by atoms with Gasteiger partial charge in [0.2, 0.25) is 0 Å². The van der Waals surface area contributed by atoms with Gasteiger partial charge in [-0.25, -0.2) is 4.79 Å². The van der Waals surface area contributed by atoms with E-state index in [1.165, 1.54) is 0 Å². The Morgan fingerprint density at radius 2 is 2.13 bits per heavy atom. The van der Waals surface area contributed by atoms with E-state index >= 15 is 0 Å². The summed E-state index contributed by atoms with van der Waals surface area (Å²) in [7, 11) is 1.57. The topological polar surface area (TPSA) is 84.6 Å². The highest BCUT2D eigenvalue weighted by Gasteiger charge is 2.07. The normalized spacial score (nSPS) is 11.9. The maximum Gasteiger partial charge on any atom is 0.312 e. The van der Waals surface area contributed by atoms with E-state index in [0.717, 1.165) is 0 Å². The van der Waals surface area contributed by atoms with E-state index in [-0.39, 0.29) is 6.54 Å². The summed E-state index contributed by atoms with van der Waals surface area (Å²) in [6.45, 7) is 0.0989. The van der Waals surface area contributed by atoms with Crippen LogP contribution in [0.1, 0.15) is 11.7 Å². The maximum atomic E-state index is 10.4. The summed E-state index contributed by atoms with van der Waals surface area (Å²) in [5.74, 6) is 0.716. The molecular weight excluding hydrogens is 196 g/mol. The first kappa shape index (κ1) is 11.3. The molecule has 82 valence electrons. The molecule has 1 atom stereocenters. The molecule has 1 aromatic carbocycles. The molecule has 0 aliphatic carbocycles. The number of primary amides is 1. The van der Waals surface area contributed by atoms with E-state index in [0.29, 0.717) is 11.3 Å². The molecule has 5 nitrogen and oxygen atoms in total. The van der Waals surface area contributed by atoms with Gasteiger partial charge in [-0.15, -0.1) is 0 Å². The van der Waals surface area contributed by atoms with Crippen molar-refractivity contribution in [3.63, 3.8) is 0 Å². The van der Waals surface area contributed by atoms with Gasteiger partial charge in [-0.1, -0.05) is 12.1 Å². The van der Waals surface area contributed by atoms with Gasteiger partial charge in [0.05, 0.1) is 13.2 Å². The number of methoxy groups -OCH3 is 1. The SMILES string of the molecule is COc1ccc(C(O)CNC(N)=O)cc1. The molecule has 5 heteroatoms. The number of hydrogen-bond donors (Lipinski definition) is 3. The first-order chi connectivity index (χ1) is 7.13. The molecule has 1 rings (SSSR count). The van der Waals surface area contributed by atoms with Crippen molar-refractivity contribution >= 4 is 6.03 Å². The maximum absolute atomic E-state index is 10.4. The number of nitrogens with one attached hydrogen (secondary N) is 1. The van der Waals surface area contributed by atoms with Crippen molar-refractivity contribution in [2.24, 2.45) is 5.73 Å². The van der Waals surface area contributed by atoms with Crippen LogP contribution in [-0.2, 0) is 0 Å². The van der Waals surface area contributed by atoms with E-state index in [2.05, 4.69) is 5.32 Å². The van der Waals surface area contributed by atoms with Gasteiger partial charge in [-0.05, 0) is 17.7 Å². The Morgan fingerprint density at radius 3 is 2.60 bits per heavy atom. The zero-order chi connectivity index (χ0) is 11.3. The predicted molar refractivity (Wildman–Crippen MR) is 55.5 cm³/mol. The number of rotatable bonds is 4. The molecule has 1 aromatic rings. The highest BCUT2D eigenvalue weighted by Crippen LogP contribution is 2.16. The summed E-state index contributed by atoms with van der Waals surface area (Å²) in [6.07, 6.45) is -0.761. The smallest absolute Gasteiger partial charge is 0.312 e. The number of ether oxygens (including phenoxy) is 1. The van der Waals surface area contributed by atoms with Crippen LogP contribution < -0.4 is 15.8 Å². The highest BCUT2D eigenvalue weighted by molar-refractivity contribution is 5.71. The monoisotopic (exact) mass is 210 g/mol. The minimum absolute atomic E-state index is 0.0989. The number of amides is 2. The molecule has 0 aromatic heterocycles. The van der Waals surface area contributed by atoms with Crippen LogP contribution >= 0.6 is 0 Å². The molecule has 4 N–H and O–H groups in total. The summed E-state index contributed by atoms with van der Waals surface area (Å²) >= 11 is 0. The first-order valence-corrected chi connectivity index (χ1v) is 4.49. The average molecular weight is 210 g/mol. The third-order valence-electron chi connectivity index (χ3n) is 1.97. The Morgan fingerprint density at radius 1 is 1.53 bits per heavy atom. The van der Waals surface area contributed by atoms with Gasteiger partial charge in [-0.2, -0.15) is 0 Å². The van der Waals surface area contributed by atoms with Gasteiger partial charge in [0.15, 0.2) is 0 Å². The van der Waals surface area contributed by atoms with Gasteiger partial charge in [0.25, 0.3) is 0 Å². The minimum Gasteiger partial charge on any atom is -0.497 e. The Bertz CT molecular complexity index is 324. The summed E-state index contributed by atoms with van der Waals surface area (Å²) in [5.41, 5.74) is 5.58. The van der Waals surface area contributed by atoms with Crippen LogP contribution in [0.25, 0.3) is 0 Å². The number of aliphatic hydroxyl groups excluding tert-OH is 1. The van der Waals surface area contributed by atoms with Crippen molar-refractivity contribution in [2.45, 2.75) is 6.10 Å². The van der Waals surface area contributed by atoms with Crippen LogP contribution in [0.5, 0.6) is 5.75 Å². The van der Waals surface area contributed by atoms with Crippen molar-refractivity contribution in [1.82, 2.24) is 5.32 Å². The second-order valence-electron chi connectivity index (χ2n) is 3.03. The number of hydrogen-bond acceptors (Lipinski definition) is 3. The first-order valence-electron chi connectivity index (χ1n) is 4.49. The van der Waals surface area contributed by atoms with Crippen LogP contribution in [0.2, 0.25) is 0 Å². The van der Waals surface area contributed by atoms with Crippen LogP contribution in [0.4, 0.5) is 4.79 Å². The number of aliphatic hydroxyl groups is 1. The van der Waals surface area contributed by atoms with Crippen molar-refractivity contribution in [3.8, 4) is 5.75 Å². The second kappa shape index (κ2) is 5.21. The van der Waals surface area contributed by atoms with E-state index in [9.17, 15) is 9.90 Å². The van der Waals surface area contributed by atoms with Gasteiger partial charge in [0, 0.05) is 6.54 Å². The molecule has 0 fully saturated rings. The summed E-state index contributed by atoms with van der Waals surface area (Å²) < 4.78 is 4.98. The van der Waals surface area contributed by atoms with Crippen LogP contribution in [0.3, 0.4) is 0 Å². The van der Waals surface area contributed by atoms with Gasteiger partial charge >= 0.3 is 6.03 Å². The molecule has 0 aliphatic heterocycles. The van der Waals surface area contributed by atoms with Crippen LogP contribution in [0.15, 0.2) is 24.3 Å². The Hall–Kier alpha value is -1.75. The number of carbonyl (C=O) groups excluding carboxylic acids is 1. The fourth-order valence-corrected chi connectivity index (χ4v) is 1.14. The standard InChI is InChI=1S/C10H14N2O3/c1-15-8-4-2-7(3-5-8)9(13)6-12-10(11)14/h2-5,9,13H,6H2,1H3,(H3,11,12,14). The zero-order valence-electron chi connectivity index (χ0n) is 8.43. The van der Waals surface area contributed by atoms with Crippen molar-refractivity contribution in [3.05, 3.63) is 29.8 Å². The molecule has 0 aliphatic rings. The number of benzene rings is 1. The molecule has 15 heavy (non-hydrogen) atoms. The third-order valence-corrected chi connectivity index (χ3v) is 1.97. The predicted octanol–water partition coefficient (Wildman–Crippen LogP) is 0.397. The van der Waals surface area contributed by atoms with Crippen LogP contribution in [0, 0.1) is 0 Å². The second-order valence-corrected chi connectivity index (χ2v) is 3.03. The summed E-state index contributed by atoms with van der Waals surface area (Å²) in [4.78, 5) is 10.4. The quantitative estimate of drug-likeness (QED) is 0.672. The Balaban J connectivity index is 2.57. The lowest BCUT2D eigenvalue weighted by atomic mass is 10.1. The lowest BCUT2D eigenvalue weighted by molar-refractivity contribution is 0.174. The van der Waals surface area contributed by atoms with Gasteiger partial charge in [0.1, 0.15) is 5.75 Å². The fourth-order valence-electron chi connectivity index (χ4n) is 1.14. The van der Waals surface area contributed by atoms with Crippen molar-refractivity contribution in [1.29, 1.82) is 0 Å². The van der Waals surface area contributed by atoms with E-state index < -0.39 is 12.1 Å². The summed E-state index contributed by atoms with van der Waals surface area (Å²) in [5, 5.41) is 12.0. The van der Waals surface area contributed by atoms with Crippen LogP contribution in [-0.4, -0.2) is 24.8 Å². The largest absolute Gasteiger partial charge is 0.497 e. The number of carbonyl (C=O) groups is 1. The van der Waals surface area contributed by atoms with E-state index in [4.69, 9.17) is 10.5 Å². The molecule has 0 bridgehead atoms. The molecule has 0 radical (unpaired) electrons. The molecule has 0 spiro atoms. The lowest BCUT2D eigenvalue weighted by Gasteiger charge is -2.11. The molecule has 2 amide bonds. The molecule has 0 saturated heterocycles. The molecule has 1 unspecified atom stereocenters. The zero-order valence-corrected chi connectivity index (χ0v) is 8.43. The number of nitrogens with two attached hydrogens (primary N) is 1. The Labute approximate surface area is 87.9 Å². The fraction of sp³-hybridized carbons (Fsp3) is 0.300. The number of urea groups is 1. The van der Waals surface area contributed by atoms with E-state index in [1.54, 1.807) is 31.4 Å². The molecular formula is C10H14N2O3. The minimum atomic E-state index is -0.761. The molecule has 0 heterocycles. The Kier molecular flexibility index (Phi) is 3.93. The van der Waals surface area contributed by atoms with Crippen molar-refractivity contribution < 1.29 is 14.6 Å². The van der Waals surface area contributed by atoms with Gasteiger partial charge in [-0.3, -0.25) is 0 Å². The van der Waals surface area contributed by atoms with Gasteiger partial charge < -0.3 is 20.9 Å². The highest BCUT2D eigenvalue weighted by atomic mass is 16.5. The van der Waals surface area contributed by atoms with E-state index in [1.807, 2.05) is 0 Å². The lowest BCUT2D eigenvalue weighted by Crippen LogP contribution is -2.32. The molecule has 0 saturated carbocycles. The van der Waals surface area contributed by atoms with Crippen molar-refractivity contribution in [2.75, 3.05) is 13.7 Å². The third kappa shape index (κ3) is 3.47. The average Bonchev–Trinajstić information content (AvgIpc) is 2.26.